The van der Waals surface area contributed by atoms with Gasteiger partial charge in [0.05, 0.1) is 11.6 Å². The molecule has 1 saturated heterocycles. The van der Waals surface area contributed by atoms with Crippen LogP contribution in [0.3, 0.4) is 0 Å². The zero-order valence-corrected chi connectivity index (χ0v) is 17.2. The van der Waals surface area contributed by atoms with Gasteiger partial charge in [-0.25, -0.2) is 4.98 Å². The van der Waals surface area contributed by atoms with Gasteiger partial charge in [0.1, 0.15) is 15.6 Å². The molecule has 0 unspecified atom stereocenters. The number of anilines is 1. The number of nitrogens with one attached hydrogen (secondary N) is 1. The van der Waals surface area contributed by atoms with Crippen LogP contribution in [0.25, 0.3) is 21.7 Å². The third kappa shape index (κ3) is 3.76. The largest absolute Gasteiger partial charge is 0.371 e. The van der Waals surface area contributed by atoms with Gasteiger partial charge >= 0.3 is 0 Å². The van der Waals surface area contributed by atoms with Crippen molar-refractivity contribution >= 4 is 33.9 Å². The molecule has 1 aliphatic rings. The first kappa shape index (κ1) is 18.9. The molecule has 0 bridgehead atoms. The van der Waals surface area contributed by atoms with Crippen LogP contribution >= 0.6 is 11.3 Å². The van der Waals surface area contributed by atoms with Gasteiger partial charge in [-0.3, -0.25) is 4.79 Å². The molecule has 7 heteroatoms. The number of carbonyl (C=O) groups excluding carboxylic acids is 1. The van der Waals surface area contributed by atoms with Crippen LogP contribution in [0.4, 0.5) is 5.69 Å². The van der Waals surface area contributed by atoms with Gasteiger partial charge in [-0.1, -0.05) is 19.0 Å². The minimum absolute atomic E-state index is 0.0716. The molecular weight excluding hydrogens is 372 g/mol. The highest BCUT2D eigenvalue weighted by Crippen LogP contribution is 2.33. The van der Waals surface area contributed by atoms with Gasteiger partial charge in [0, 0.05) is 30.9 Å². The van der Waals surface area contributed by atoms with Crippen molar-refractivity contribution in [1.82, 2.24) is 15.5 Å². The van der Waals surface area contributed by atoms with Crippen molar-refractivity contribution in [1.29, 1.82) is 0 Å². The number of piperidine rings is 1. The summed E-state index contributed by atoms with van der Waals surface area (Å²) in [5, 5.41) is 8.93. The second kappa shape index (κ2) is 8.31. The number of amides is 1. The Bertz CT molecular complexity index is 954. The van der Waals surface area contributed by atoms with Crippen LogP contribution in [-0.4, -0.2) is 35.2 Å². The van der Waals surface area contributed by atoms with Crippen molar-refractivity contribution in [3.63, 3.8) is 0 Å². The SMILES string of the molecule is CCC(CC)NC(=O)c1cnc(-c2noc3cc(N4CCCCC4)ccc23)s1. The Hall–Kier alpha value is -2.41. The minimum atomic E-state index is -0.0716. The second-order valence-electron chi connectivity index (χ2n) is 7.28. The Morgan fingerprint density at radius 3 is 2.79 bits per heavy atom. The molecule has 0 radical (unpaired) electrons. The second-order valence-corrected chi connectivity index (χ2v) is 8.31. The number of benzene rings is 1. The van der Waals surface area contributed by atoms with Gasteiger partial charge in [0.2, 0.25) is 0 Å². The molecule has 3 aromatic rings. The predicted octanol–water partition coefficient (Wildman–Crippen LogP) is 4.86. The average molecular weight is 399 g/mol. The predicted molar refractivity (Wildman–Crippen MR) is 113 cm³/mol. The van der Waals surface area contributed by atoms with E-state index in [1.54, 1.807) is 6.20 Å². The molecule has 3 heterocycles. The van der Waals surface area contributed by atoms with Gasteiger partial charge in [0.25, 0.3) is 5.91 Å². The molecule has 0 spiro atoms. The molecule has 6 nitrogen and oxygen atoms in total. The number of fused-ring (bicyclic) bond motifs is 1. The van der Waals surface area contributed by atoms with Gasteiger partial charge in [0.15, 0.2) is 5.58 Å². The normalized spacial score (nSPS) is 14.8. The lowest BCUT2D eigenvalue weighted by Crippen LogP contribution is -2.33. The summed E-state index contributed by atoms with van der Waals surface area (Å²) in [6.45, 7) is 6.33. The summed E-state index contributed by atoms with van der Waals surface area (Å²) in [6, 6.07) is 6.43. The standard InChI is InChI=1S/C21H26N4O2S/c1-3-14(4-2)23-20(26)18-13-22-21(28-18)19-16-9-8-15(12-17(16)27-24-19)25-10-6-5-7-11-25/h8-9,12-14H,3-7,10-11H2,1-2H3,(H,23,26). The quantitative estimate of drug-likeness (QED) is 0.642. The molecule has 1 amide bonds. The van der Waals surface area contributed by atoms with E-state index in [9.17, 15) is 4.79 Å². The van der Waals surface area contributed by atoms with Crippen molar-refractivity contribution in [2.24, 2.45) is 0 Å². The summed E-state index contributed by atoms with van der Waals surface area (Å²) < 4.78 is 5.59. The van der Waals surface area contributed by atoms with E-state index in [1.807, 2.05) is 0 Å². The van der Waals surface area contributed by atoms with Crippen LogP contribution in [-0.2, 0) is 0 Å². The highest BCUT2D eigenvalue weighted by molar-refractivity contribution is 7.17. The smallest absolute Gasteiger partial charge is 0.263 e. The van der Waals surface area contributed by atoms with Crippen molar-refractivity contribution in [2.45, 2.75) is 52.0 Å². The van der Waals surface area contributed by atoms with Crippen molar-refractivity contribution in [3.05, 3.63) is 29.3 Å². The molecule has 1 aromatic carbocycles. The van der Waals surface area contributed by atoms with E-state index in [2.05, 4.69) is 52.4 Å². The number of hydrogen-bond donors (Lipinski definition) is 1. The Balaban J connectivity index is 1.56. The fraction of sp³-hybridized carbons (Fsp3) is 0.476. The van der Waals surface area contributed by atoms with Gasteiger partial charge in [-0.15, -0.1) is 11.3 Å². The fourth-order valence-electron chi connectivity index (χ4n) is 3.67. The maximum atomic E-state index is 12.4. The minimum Gasteiger partial charge on any atom is -0.371 e. The number of thiazole rings is 1. The molecule has 0 atom stereocenters. The molecule has 2 aromatic heterocycles. The van der Waals surface area contributed by atoms with Crippen LogP contribution in [0, 0.1) is 0 Å². The topological polar surface area (TPSA) is 71.3 Å². The summed E-state index contributed by atoms with van der Waals surface area (Å²) in [4.78, 5) is 19.9. The lowest BCUT2D eigenvalue weighted by atomic mass is 10.1. The molecule has 148 valence electrons. The van der Waals surface area contributed by atoms with E-state index in [1.165, 1.54) is 36.3 Å². The van der Waals surface area contributed by atoms with Crippen LogP contribution in [0.15, 0.2) is 28.9 Å². The monoisotopic (exact) mass is 398 g/mol. The van der Waals surface area contributed by atoms with E-state index in [0.717, 1.165) is 36.9 Å². The lowest BCUT2D eigenvalue weighted by Gasteiger charge is -2.28. The summed E-state index contributed by atoms with van der Waals surface area (Å²) in [6.07, 6.45) is 7.24. The average Bonchev–Trinajstić information content (AvgIpc) is 3.39. The number of nitrogens with zero attached hydrogens (tertiary/aromatic N) is 3. The molecule has 0 saturated carbocycles. The first-order valence-electron chi connectivity index (χ1n) is 10.1. The van der Waals surface area contributed by atoms with E-state index in [4.69, 9.17) is 4.52 Å². The molecule has 28 heavy (non-hydrogen) atoms. The molecule has 1 fully saturated rings. The molecule has 1 N–H and O–H groups in total. The Labute approximate surface area is 168 Å². The van der Waals surface area contributed by atoms with Gasteiger partial charge in [-0.05, 0) is 44.2 Å². The third-order valence-electron chi connectivity index (χ3n) is 5.43. The summed E-state index contributed by atoms with van der Waals surface area (Å²) in [5.41, 5.74) is 2.64. The first-order chi connectivity index (χ1) is 13.7. The van der Waals surface area contributed by atoms with Crippen LogP contribution in [0.2, 0.25) is 0 Å². The number of carbonyl (C=O) groups is 1. The highest BCUT2D eigenvalue weighted by Gasteiger charge is 2.19. The van der Waals surface area contributed by atoms with Crippen molar-refractivity contribution in [3.8, 4) is 10.7 Å². The Kier molecular flexibility index (Phi) is 5.62. The van der Waals surface area contributed by atoms with E-state index < -0.39 is 0 Å². The molecular formula is C21H26N4O2S. The molecule has 4 rings (SSSR count). The zero-order valence-electron chi connectivity index (χ0n) is 16.4. The number of aromatic nitrogens is 2. The van der Waals surface area contributed by atoms with Crippen molar-refractivity contribution in [2.75, 3.05) is 18.0 Å². The van der Waals surface area contributed by atoms with E-state index in [0.29, 0.717) is 15.6 Å². The van der Waals surface area contributed by atoms with Gasteiger partial charge < -0.3 is 14.7 Å². The maximum absolute atomic E-state index is 12.4. The lowest BCUT2D eigenvalue weighted by molar-refractivity contribution is 0.0939. The van der Waals surface area contributed by atoms with Crippen molar-refractivity contribution < 1.29 is 9.32 Å². The molecule has 1 aliphatic heterocycles. The first-order valence-corrected chi connectivity index (χ1v) is 10.9. The third-order valence-corrected chi connectivity index (χ3v) is 6.43. The van der Waals surface area contributed by atoms with Gasteiger partial charge in [-0.2, -0.15) is 0 Å². The summed E-state index contributed by atoms with van der Waals surface area (Å²) in [5.74, 6) is -0.0716. The van der Waals surface area contributed by atoms with E-state index >= 15 is 0 Å². The summed E-state index contributed by atoms with van der Waals surface area (Å²) in [7, 11) is 0. The van der Waals surface area contributed by atoms with Crippen LogP contribution in [0.5, 0.6) is 0 Å². The zero-order chi connectivity index (χ0) is 19.5. The van der Waals surface area contributed by atoms with E-state index in [-0.39, 0.29) is 11.9 Å². The number of hydrogen-bond acceptors (Lipinski definition) is 6. The Morgan fingerprint density at radius 1 is 1.25 bits per heavy atom. The van der Waals surface area contributed by atoms with Crippen LogP contribution < -0.4 is 10.2 Å². The van der Waals surface area contributed by atoms with Crippen LogP contribution in [0.1, 0.15) is 55.6 Å². The number of rotatable bonds is 6. The highest BCUT2D eigenvalue weighted by atomic mass is 32.1. The molecule has 0 aliphatic carbocycles. The maximum Gasteiger partial charge on any atom is 0.263 e. The fourth-order valence-corrected chi connectivity index (χ4v) is 4.48. The Morgan fingerprint density at radius 2 is 2.04 bits per heavy atom. The summed E-state index contributed by atoms with van der Waals surface area (Å²) >= 11 is 1.35.